The maximum atomic E-state index is 6.99. The fourth-order valence-electron chi connectivity index (χ4n) is 10.2. The van der Waals surface area contributed by atoms with Crippen molar-refractivity contribution < 1.29 is 4.42 Å². The van der Waals surface area contributed by atoms with Crippen LogP contribution >= 0.6 is 0 Å². The standard InChI is InChI=1S/C59H35N5O/c1-2-19-41(20-3-1)63-49-26-12-9-22-43(49)54-45(24-14-27-50(54)63)58-60-57(40-30-29-36-15-4-5-16-37(36)33-40)61-59(62-58)46-31-32-51(56-55(46)44-23-10-13-28-53(44)65-56)64-48-25-11-8-21-42(48)47-34-38-17-6-7-18-39(38)35-52(47)64/h1-35H. The second-order valence-electron chi connectivity index (χ2n) is 16.8. The zero-order chi connectivity index (χ0) is 42.6. The van der Waals surface area contributed by atoms with Crippen LogP contribution in [0.15, 0.2) is 217 Å². The van der Waals surface area contributed by atoms with Gasteiger partial charge in [0.05, 0.1) is 27.8 Å². The number of furan rings is 1. The van der Waals surface area contributed by atoms with E-state index in [2.05, 4.69) is 209 Å². The highest BCUT2D eigenvalue weighted by Crippen LogP contribution is 2.44. The smallest absolute Gasteiger partial charge is 0.164 e. The second kappa shape index (κ2) is 13.8. The molecule has 0 aliphatic heterocycles. The van der Waals surface area contributed by atoms with E-state index in [0.29, 0.717) is 17.5 Å². The van der Waals surface area contributed by atoms with E-state index in [0.717, 1.165) is 93.6 Å². The largest absolute Gasteiger partial charge is 0.454 e. The van der Waals surface area contributed by atoms with E-state index in [9.17, 15) is 0 Å². The van der Waals surface area contributed by atoms with Crippen molar-refractivity contribution in [3.63, 3.8) is 0 Å². The van der Waals surface area contributed by atoms with Gasteiger partial charge in [0.25, 0.3) is 0 Å². The number of aromatic nitrogens is 5. The van der Waals surface area contributed by atoms with Gasteiger partial charge >= 0.3 is 0 Å². The Morgan fingerprint density at radius 1 is 0.338 bits per heavy atom. The van der Waals surface area contributed by atoms with Crippen LogP contribution in [0.3, 0.4) is 0 Å². The molecule has 0 spiro atoms. The number of fused-ring (bicyclic) bond motifs is 11. The predicted molar refractivity (Wildman–Crippen MR) is 267 cm³/mol. The summed E-state index contributed by atoms with van der Waals surface area (Å²) in [5, 5.41) is 11.2. The third kappa shape index (κ3) is 5.38. The molecule has 0 radical (unpaired) electrons. The molecular weight excluding hydrogens is 795 g/mol. The molecule has 0 fully saturated rings. The SMILES string of the molecule is c1ccc(-n2c3ccccc3c3c(-c4nc(-c5ccc6ccccc6c5)nc(-c5ccc(-n6c7ccccc7c7cc8ccccc8cc76)c6oc7ccccc7c56)n4)cccc32)cc1. The summed E-state index contributed by atoms with van der Waals surface area (Å²) in [5.41, 5.74) is 10.7. The molecule has 6 heteroatoms. The Kier molecular flexibility index (Phi) is 7.59. The summed E-state index contributed by atoms with van der Waals surface area (Å²) < 4.78 is 11.7. The van der Waals surface area contributed by atoms with Gasteiger partial charge in [0.15, 0.2) is 23.1 Å². The van der Waals surface area contributed by atoms with Crippen LogP contribution in [0, 0.1) is 0 Å². The van der Waals surface area contributed by atoms with E-state index >= 15 is 0 Å². The minimum Gasteiger partial charge on any atom is -0.454 e. The minimum absolute atomic E-state index is 0.568. The zero-order valence-corrected chi connectivity index (χ0v) is 34.9. The molecule has 0 aliphatic rings. The molecule has 0 amide bonds. The normalized spacial score (nSPS) is 12.0. The van der Waals surface area contributed by atoms with Crippen LogP contribution in [0.1, 0.15) is 0 Å². The lowest BCUT2D eigenvalue weighted by atomic mass is 10.0. The minimum atomic E-state index is 0.568. The molecule has 302 valence electrons. The Labute approximate surface area is 371 Å². The summed E-state index contributed by atoms with van der Waals surface area (Å²) in [6, 6.07) is 74.9. The number of hydrogen-bond donors (Lipinski definition) is 0. The quantitative estimate of drug-likeness (QED) is 0.173. The Morgan fingerprint density at radius 3 is 1.74 bits per heavy atom. The summed E-state index contributed by atoms with van der Waals surface area (Å²) in [7, 11) is 0. The molecule has 0 aliphatic carbocycles. The third-order valence-electron chi connectivity index (χ3n) is 13.1. The molecular formula is C59H35N5O. The number of nitrogens with zero attached hydrogens (tertiary/aromatic N) is 5. The molecule has 10 aromatic carbocycles. The summed E-state index contributed by atoms with van der Waals surface area (Å²) in [4.78, 5) is 16.2. The van der Waals surface area contributed by atoms with E-state index < -0.39 is 0 Å². The summed E-state index contributed by atoms with van der Waals surface area (Å²) in [5.74, 6) is 1.76. The first-order valence-corrected chi connectivity index (χ1v) is 21.9. The van der Waals surface area contributed by atoms with Crippen molar-refractivity contribution in [3.05, 3.63) is 212 Å². The first kappa shape index (κ1) is 35.7. The summed E-state index contributed by atoms with van der Waals surface area (Å²) >= 11 is 0. The average molecular weight is 830 g/mol. The highest BCUT2D eigenvalue weighted by molar-refractivity contribution is 6.18. The van der Waals surface area contributed by atoms with Gasteiger partial charge in [0.1, 0.15) is 5.58 Å². The van der Waals surface area contributed by atoms with Crippen LogP contribution in [0.2, 0.25) is 0 Å². The Bertz CT molecular complexity index is 4250. The van der Waals surface area contributed by atoms with E-state index in [1.165, 1.54) is 21.5 Å². The zero-order valence-electron chi connectivity index (χ0n) is 34.9. The molecule has 0 bridgehead atoms. The highest BCUT2D eigenvalue weighted by atomic mass is 16.3. The maximum absolute atomic E-state index is 6.99. The fourth-order valence-corrected chi connectivity index (χ4v) is 10.2. The van der Waals surface area contributed by atoms with Crippen molar-refractivity contribution in [2.45, 2.75) is 0 Å². The lowest BCUT2D eigenvalue weighted by Gasteiger charge is -2.13. The topological polar surface area (TPSA) is 61.7 Å². The van der Waals surface area contributed by atoms with Gasteiger partial charge in [-0.2, -0.15) is 0 Å². The molecule has 4 aromatic heterocycles. The number of hydrogen-bond acceptors (Lipinski definition) is 4. The molecule has 6 nitrogen and oxygen atoms in total. The van der Waals surface area contributed by atoms with Gasteiger partial charge < -0.3 is 13.6 Å². The van der Waals surface area contributed by atoms with Crippen molar-refractivity contribution in [1.82, 2.24) is 24.1 Å². The monoisotopic (exact) mass is 829 g/mol. The van der Waals surface area contributed by atoms with E-state index in [4.69, 9.17) is 19.4 Å². The lowest BCUT2D eigenvalue weighted by Crippen LogP contribution is -2.02. The van der Waals surface area contributed by atoms with Crippen molar-refractivity contribution >= 4 is 87.1 Å². The van der Waals surface area contributed by atoms with Gasteiger partial charge in [0, 0.05) is 54.7 Å². The van der Waals surface area contributed by atoms with Crippen LogP contribution in [0.25, 0.3) is 133 Å². The molecule has 14 rings (SSSR count). The van der Waals surface area contributed by atoms with Crippen molar-refractivity contribution in [2.75, 3.05) is 0 Å². The molecule has 14 aromatic rings. The molecule has 0 saturated heterocycles. The Morgan fingerprint density at radius 2 is 0.938 bits per heavy atom. The fraction of sp³-hybridized carbons (Fsp3) is 0. The number of rotatable bonds is 5. The van der Waals surface area contributed by atoms with E-state index in [1.807, 2.05) is 12.1 Å². The first-order valence-electron chi connectivity index (χ1n) is 21.9. The predicted octanol–water partition coefficient (Wildman–Crippen LogP) is 15.3. The van der Waals surface area contributed by atoms with Crippen molar-refractivity contribution in [2.24, 2.45) is 0 Å². The van der Waals surface area contributed by atoms with Gasteiger partial charge in [-0.05, 0) is 88.3 Å². The molecule has 4 heterocycles. The van der Waals surface area contributed by atoms with Gasteiger partial charge in [0.2, 0.25) is 0 Å². The van der Waals surface area contributed by atoms with Gasteiger partial charge in [-0.3, -0.25) is 0 Å². The average Bonchev–Trinajstić information content (AvgIpc) is 4.03. The van der Waals surface area contributed by atoms with Crippen molar-refractivity contribution in [3.8, 4) is 45.5 Å². The lowest BCUT2D eigenvalue weighted by molar-refractivity contribution is 0.666. The first-order chi connectivity index (χ1) is 32.2. The van der Waals surface area contributed by atoms with Crippen LogP contribution in [0.5, 0.6) is 0 Å². The third-order valence-corrected chi connectivity index (χ3v) is 13.1. The molecule has 0 atom stereocenters. The molecule has 65 heavy (non-hydrogen) atoms. The van der Waals surface area contributed by atoms with Crippen LogP contribution in [-0.2, 0) is 0 Å². The Hall–Kier alpha value is -8.87. The number of benzene rings is 10. The van der Waals surface area contributed by atoms with E-state index in [1.54, 1.807) is 0 Å². The second-order valence-corrected chi connectivity index (χ2v) is 16.8. The van der Waals surface area contributed by atoms with Crippen LogP contribution < -0.4 is 0 Å². The molecule has 0 unspecified atom stereocenters. The van der Waals surface area contributed by atoms with E-state index in [-0.39, 0.29) is 0 Å². The number of para-hydroxylation sites is 4. The maximum Gasteiger partial charge on any atom is 0.164 e. The summed E-state index contributed by atoms with van der Waals surface area (Å²) in [6.45, 7) is 0. The van der Waals surface area contributed by atoms with Gasteiger partial charge in [-0.25, -0.2) is 15.0 Å². The van der Waals surface area contributed by atoms with Crippen LogP contribution in [-0.4, -0.2) is 24.1 Å². The molecule has 0 N–H and O–H groups in total. The van der Waals surface area contributed by atoms with Crippen molar-refractivity contribution in [1.29, 1.82) is 0 Å². The van der Waals surface area contributed by atoms with Gasteiger partial charge in [-0.1, -0.05) is 146 Å². The van der Waals surface area contributed by atoms with Crippen LogP contribution in [0.4, 0.5) is 0 Å². The van der Waals surface area contributed by atoms with Gasteiger partial charge in [-0.15, -0.1) is 0 Å². The highest BCUT2D eigenvalue weighted by Gasteiger charge is 2.24. The Balaban J connectivity index is 1.07. The molecule has 0 saturated carbocycles. The summed E-state index contributed by atoms with van der Waals surface area (Å²) in [6.07, 6.45) is 0.